The molecule has 1 aromatic carbocycles. The van der Waals surface area contributed by atoms with Gasteiger partial charge in [-0.05, 0) is 43.0 Å². The fourth-order valence-electron chi connectivity index (χ4n) is 3.15. The SMILES string of the molecule is NC(=O)CCN(C(=O)COC(=O)CC1CCCCC1)c1ccc(F)cc1. The maximum absolute atomic E-state index is 13.1. The lowest BCUT2D eigenvalue weighted by atomic mass is 9.87. The lowest BCUT2D eigenvalue weighted by Gasteiger charge is -2.23. The number of hydrogen-bond donors (Lipinski definition) is 1. The monoisotopic (exact) mass is 364 g/mol. The van der Waals surface area contributed by atoms with Gasteiger partial charge < -0.3 is 15.4 Å². The van der Waals surface area contributed by atoms with Crippen LogP contribution in [0.25, 0.3) is 0 Å². The van der Waals surface area contributed by atoms with E-state index in [2.05, 4.69) is 0 Å². The summed E-state index contributed by atoms with van der Waals surface area (Å²) in [5, 5.41) is 0. The molecule has 0 spiro atoms. The van der Waals surface area contributed by atoms with Gasteiger partial charge in [-0.3, -0.25) is 14.4 Å². The number of rotatable bonds is 8. The van der Waals surface area contributed by atoms with E-state index in [1.54, 1.807) is 0 Å². The van der Waals surface area contributed by atoms with Crippen LogP contribution in [0, 0.1) is 11.7 Å². The van der Waals surface area contributed by atoms with Gasteiger partial charge in [-0.1, -0.05) is 19.3 Å². The molecule has 0 bridgehead atoms. The van der Waals surface area contributed by atoms with Crippen molar-refractivity contribution >= 4 is 23.5 Å². The van der Waals surface area contributed by atoms with Crippen LogP contribution in [-0.4, -0.2) is 30.9 Å². The van der Waals surface area contributed by atoms with Crippen molar-refractivity contribution in [1.29, 1.82) is 0 Å². The first-order chi connectivity index (χ1) is 12.5. The van der Waals surface area contributed by atoms with Crippen LogP contribution in [0.1, 0.15) is 44.9 Å². The number of amides is 2. The van der Waals surface area contributed by atoms with Gasteiger partial charge >= 0.3 is 5.97 Å². The topological polar surface area (TPSA) is 89.7 Å². The molecule has 6 nitrogen and oxygen atoms in total. The fourth-order valence-corrected chi connectivity index (χ4v) is 3.15. The molecule has 1 aromatic rings. The molecule has 0 aliphatic heterocycles. The summed E-state index contributed by atoms with van der Waals surface area (Å²) in [4.78, 5) is 36.7. The molecule has 7 heteroatoms. The zero-order valence-electron chi connectivity index (χ0n) is 14.8. The fraction of sp³-hybridized carbons (Fsp3) is 0.526. The van der Waals surface area contributed by atoms with Crippen molar-refractivity contribution in [3.8, 4) is 0 Å². The first kappa shape index (κ1) is 19.9. The van der Waals surface area contributed by atoms with Crippen LogP contribution in [-0.2, 0) is 19.1 Å². The lowest BCUT2D eigenvalue weighted by molar-refractivity contribution is -0.149. The number of primary amides is 1. The molecule has 26 heavy (non-hydrogen) atoms. The third kappa shape index (κ3) is 6.46. The van der Waals surface area contributed by atoms with Gasteiger partial charge in [0.2, 0.25) is 5.91 Å². The molecular weight excluding hydrogens is 339 g/mol. The van der Waals surface area contributed by atoms with Gasteiger partial charge in [0.1, 0.15) is 5.82 Å². The summed E-state index contributed by atoms with van der Waals surface area (Å²) < 4.78 is 18.2. The molecule has 142 valence electrons. The highest BCUT2D eigenvalue weighted by Gasteiger charge is 2.21. The number of benzene rings is 1. The van der Waals surface area contributed by atoms with Crippen LogP contribution >= 0.6 is 0 Å². The Hall–Kier alpha value is -2.44. The Balaban J connectivity index is 1.91. The summed E-state index contributed by atoms with van der Waals surface area (Å²) >= 11 is 0. The number of esters is 1. The second-order valence-electron chi connectivity index (χ2n) is 6.61. The summed E-state index contributed by atoms with van der Waals surface area (Å²) in [6.07, 6.45) is 5.78. The Morgan fingerprint density at radius 1 is 1.12 bits per heavy atom. The molecule has 0 aromatic heterocycles. The molecular formula is C19H25FN2O4. The van der Waals surface area contributed by atoms with Crippen molar-refractivity contribution in [3.05, 3.63) is 30.1 Å². The van der Waals surface area contributed by atoms with E-state index in [-0.39, 0.29) is 18.9 Å². The Bertz CT molecular complexity index is 627. The number of carbonyl (C=O) groups is 3. The highest BCUT2D eigenvalue weighted by Crippen LogP contribution is 2.26. The third-order valence-electron chi connectivity index (χ3n) is 4.56. The van der Waals surface area contributed by atoms with Crippen molar-refractivity contribution in [1.82, 2.24) is 0 Å². The average Bonchev–Trinajstić information content (AvgIpc) is 2.62. The molecule has 0 saturated heterocycles. The normalized spacial score (nSPS) is 14.7. The van der Waals surface area contributed by atoms with Crippen LogP contribution in [0.3, 0.4) is 0 Å². The van der Waals surface area contributed by atoms with E-state index >= 15 is 0 Å². The number of carbonyl (C=O) groups excluding carboxylic acids is 3. The van der Waals surface area contributed by atoms with Gasteiger partial charge in [0.25, 0.3) is 5.91 Å². The number of nitrogens with zero attached hydrogens (tertiary/aromatic N) is 1. The largest absolute Gasteiger partial charge is 0.456 e. The maximum Gasteiger partial charge on any atom is 0.306 e. The molecule has 1 aliphatic carbocycles. The third-order valence-corrected chi connectivity index (χ3v) is 4.56. The van der Waals surface area contributed by atoms with Gasteiger partial charge in [0, 0.05) is 25.1 Å². The molecule has 0 radical (unpaired) electrons. The quantitative estimate of drug-likeness (QED) is 0.718. The van der Waals surface area contributed by atoms with Crippen molar-refractivity contribution in [3.63, 3.8) is 0 Å². The molecule has 0 atom stereocenters. The standard InChI is InChI=1S/C19H25FN2O4/c20-15-6-8-16(9-7-15)22(11-10-17(21)23)18(24)13-26-19(25)12-14-4-2-1-3-5-14/h6-9,14H,1-5,10-13H2,(H2,21,23). The number of halogens is 1. The number of ether oxygens (including phenoxy) is 1. The summed E-state index contributed by atoms with van der Waals surface area (Å²) in [5.41, 5.74) is 5.56. The van der Waals surface area contributed by atoms with Gasteiger partial charge in [0.05, 0.1) is 0 Å². The predicted molar refractivity (Wildman–Crippen MR) is 94.7 cm³/mol. The van der Waals surface area contributed by atoms with Crippen LogP contribution in [0.4, 0.5) is 10.1 Å². The van der Waals surface area contributed by atoms with Gasteiger partial charge in [-0.25, -0.2) is 4.39 Å². The smallest absolute Gasteiger partial charge is 0.306 e. The second kappa shape index (κ2) is 9.89. The first-order valence-corrected chi connectivity index (χ1v) is 8.95. The Morgan fingerprint density at radius 2 is 1.77 bits per heavy atom. The van der Waals surface area contributed by atoms with E-state index in [1.807, 2.05) is 0 Å². The minimum absolute atomic E-state index is 0.0416. The number of hydrogen-bond acceptors (Lipinski definition) is 4. The van der Waals surface area contributed by atoms with Crippen molar-refractivity contribution in [2.24, 2.45) is 11.7 Å². The summed E-state index contributed by atoms with van der Waals surface area (Å²) in [6, 6.07) is 5.29. The minimum Gasteiger partial charge on any atom is -0.456 e. The molecule has 0 heterocycles. The first-order valence-electron chi connectivity index (χ1n) is 8.95. The van der Waals surface area contributed by atoms with Crippen molar-refractivity contribution in [2.45, 2.75) is 44.9 Å². The van der Waals surface area contributed by atoms with Crippen LogP contribution < -0.4 is 10.6 Å². The molecule has 2 rings (SSSR count). The van der Waals surface area contributed by atoms with E-state index in [0.717, 1.165) is 25.7 Å². The molecule has 2 amide bonds. The minimum atomic E-state index is -0.556. The number of anilines is 1. The highest BCUT2D eigenvalue weighted by atomic mass is 19.1. The van der Waals surface area contributed by atoms with Crippen molar-refractivity contribution in [2.75, 3.05) is 18.1 Å². The van der Waals surface area contributed by atoms with E-state index in [4.69, 9.17) is 10.5 Å². The molecule has 1 fully saturated rings. The zero-order valence-corrected chi connectivity index (χ0v) is 14.8. The Morgan fingerprint density at radius 3 is 2.38 bits per heavy atom. The molecule has 0 unspecified atom stereocenters. The second-order valence-corrected chi connectivity index (χ2v) is 6.61. The Labute approximate surface area is 152 Å². The Kier molecular flexibility index (Phi) is 7.56. The number of nitrogens with two attached hydrogens (primary N) is 1. The van der Waals surface area contributed by atoms with E-state index in [1.165, 1.54) is 35.6 Å². The summed E-state index contributed by atoms with van der Waals surface area (Å²) in [5.74, 6) is -1.53. The van der Waals surface area contributed by atoms with E-state index in [0.29, 0.717) is 18.0 Å². The van der Waals surface area contributed by atoms with Crippen LogP contribution in [0.5, 0.6) is 0 Å². The average molecular weight is 364 g/mol. The zero-order chi connectivity index (χ0) is 18.9. The van der Waals surface area contributed by atoms with E-state index in [9.17, 15) is 18.8 Å². The predicted octanol–water partition coefficient (Wildman–Crippen LogP) is 2.55. The van der Waals surface area contributed by atoms with Gasteiger partial charge in [-0.15, -0.1) is 0 Å². The molecule has 1 aliphatic rings. The summed E-state index contributed by atoms with van der Waals surface area (Å²) in [6.45, 7) is -0.373. The van der Waals surface area contributed by atoms with Crippen molar-refractivity contribution < 1.29 is 23.5 Å². The molecule has 2 N–H and O–H groups in total. The molecule has 1 saturated carbocycles. The highest BCUT2D eigenvalue weighted by molar-refractivity contribution is 5.95. The van der Waals surface area contributed by atoms with Gasteiger partial charge in [-0.2, -0.15) is 0 Å². The van der Waals surface area contributed by atoms with Gasteiger partial charge in [0.15, 0.2) is 6.61 Å². The van der Waals surface area contributed by atoms with Crippen LogP contribution in [0.15, 0.2) is 24.3 Å². The lowest BCUT2D eigenvalue weighted by Crippen LogP contribution is -2.37. The summed E-state index contributed by atoms with van der Waals surface area (Å²) in [7, 11) is 0. The maximum atomic E-state index is 13.1. The van der Waals surface area contributed by atoms with E-state index < -0.39 is 24.2 Å². The van der Waals surface area contributed by atoms with Crippen LogP contribution in [0.2, 0.25) is 0 Å².